The third kappa shape index (κ3) is 4.36. The smallest absolute Gasteiger partial charge is 0.432 e. The van der Waals surface area contributed by atoms with Crippen molar-refractivity contribution in [3.05, 3.63) is 64.4 Å². The van der Waals surface area contributed by atoms with E-state index in [2.05, 4.69) is 5.43 Å². The van der Waals surface area contributed by atoms with E-state index in [9.17, 15) is 9.59 Å². The van der Waals surface area contributed by atoms with Gasteiger partial charge < -0.3 is 14.2 Å². The van der Waals surface area contributed by atoms with Gasteiger partial charge >= 0.3 is 12.2 Å². The van der Waals surface area contributed by atoms with Crippen molar-refractivity contribution < 1.29 is 23.8 Å². The fourth-order valence-electron chi connectivity index (χ4n) is 3.80. The summed E-state index contributed by atoms with van der Waals surface area (Å²) in [7, 11) is 0. The first-order valence-electron chi connectivity index (χ1n) is 10.5. The average molecular weight is 455 g/mol. The van der Waals surface area contributed by atoms with Gasteiger partial charge in [0.2, 0.25) is 6.23 Å². The van der Waals surface area contributed by atoms with Gasteiger partial charge in [0, 0.05) is 10.4 Å². The van der Waals surface area contributed by atoms with E-state index < -0.39 is 18.4 Å². The van der Waals surface area contributed by atoms with E-state index in [1.807, 2.05) is 53.9 Å². The van der Waals surface area contributed by atoms with Gasteiger partial charge in [-0.25, -0.2) is 15.0 Å². The van der Waals surface area contributed by atoms with E-state index in [1.165, 1.54) is 0 Å². The molecule has 0 unspecified atom stereocenters. The van der Waals surface area contributed by atoms with E-state index >= 15 is 0 Å². The largest absolute Gasteiger partial charge is 0.467 e. The van der Waals surface area contributed by atoms with Crippen LogP contribution in [0.4, 0.5) is 9.59 Å². The van der Waals surface area contributed by atoms with Gasteiger partial charge in [0.05, 0.1) is 18.1 Å². The van der Waals surface area contributed by atoms with Crippen LogP contribution >= 0.6 is 11.3 Å². The molecular weight excluding hydrogens is 428 g/mol. The second-order valence-electron chi connectivity index (χ2n) is 8.07. The molecule has 0 bridgehead atoms. The van der Waals surface area contributed by atoms with Crippen LogP contribution in [0.3, 0.4) is 0 Å². The summed E-state index contributed by atoms with van der Waals surface area (Å²) in [4.78, 5) is 26.5. The Hall–Kier alpha value is -3.26. The van der Waals surface area contributed by atoms with Crippen LogP contribution in [0.2, 0.25) is 0 Å². The summed E-state index contributed by atoms with van der Waals surface area (Å²) in [6.07, 6.45) is -3.05. The molecule has 3 aromatic rings. The molecule has 2 heterocycles. The minimum Gasteiger partial charge on any atom is -0.467 e. The van der Waals surface area contributed by atoms with Crippen molar-refractivity contribution in [2.45, 2.75) is 52.0 Å². The number of benzene rings is 2. The molecule has 7 nitrogen and oxygen atoms in total. The number of thiophene rings is 1. The van der Waals surface area contributed by atoms with E-state index in [4.69, 9.17) is 14.2 Å². The highest BCUT2D eigenvalue weighted by Crippen LogP contribution is 2.48. The lowest BCUT2D eigenvalue weighted by Gasteiger charge is -2.31. The standard InChI is InChI=1S/C24H26N2O5S/c1-14(2)29-23(27)25-26(24(28)30-15(3)4)22-21(19-10-7-13-32-19)20-17-9-6-5-8-16(17)11-12-18(20)31-22/h5-15,21-22H,1-4H3,(H,25,27)/t21-,22-/m0/s1. The molecule has 0 radical (unpaired) electrons. The number of carbonyl (C=O) groups excluding carboxylic acids is 2. The van der Waals surface area contributed by atoms with Gasteiger partial charge in [-0.3, -0.25) is 0 Å². The number of hydrogen-bond acceptors (Lipinski definition) is 6. The Balaban J connectivity index is 1.79. The van der Waals surface area contributed by atoms with E-state index in [0.717, 1.165) is 26.2 Å². The summed E-state index contributed by atoms with van der Waals surface area (Å²) < 4.78 is 16.9. The Labute approximate surface area is 190 Å². The van der Waals surface area contributed by atoms with Crippen molar-refractivity contribution in [2.24, 2.45) is 0 Å². The molecule has 168 valence electrons. The molecule has 32 heavy (non-hydrogen) atoms. The first-order valence-corrected chi connectivity index (χ1v) is 11.4. The summed E-state index contributed by atoms with van der Waals surface area (Å²) in [5, 5.41) is 5.18. The molecule has 0 fully saturated rings. The zero-order valence-corrected chi connectivity index (χ0v) is 19.2. The van der Waals surface area contributed by atoms with Crippen LogP contribution in [0.1, 0.15) is 44.1 Å². The lowest BCUT2D eigenvalue weighted by Crippen LogP contribution is -2.55. The van der Waals surface area contributed by atoms with Crippen molar-refractivity contribution >= 4 is 34.3 Å². The van der Waals surface area contributed by atoms with Crippen molar-refractivity contribution in [2.75, 3.05) is 0 Å². The molecule has 8 heteroatoms. The second-order valence-corrected chi connectivity index (χ2v) is 9.05. The Morgan fingerprint density at radius 1 is 1.00 bits per heavy atom. The van der Waals surface area contributed by atoms with Crippen molar-refractivity contribution in [1.82, 2.24) is 10.4 Å². The van der Waals surface area contributed by atoms with E-state index in [1.54, 1.807) is 39.0 Å². The number of hydrogen-bond donors (Lipinski definition) is 1. The van der Waals surface area contributed by atoms with Crippen molar-refractivity contribution in [1.29, 1.82) is 0 Å². The first-order chi connectivity index (χ1) is 15.3. The van der Waals surface area contributed by atoms with Gasteiger partial charge in [0.25, 0.3) is 0 Å². The lowest BCUT2D eigenvalue weighted by molar-refractivity contribution is -0.0209. The minimum atomic E-state index is -0.847. The van der Waals surface area contributed by atoms with Gasteiger partial charge in [-0.15, -0.1) is 11.3 Å². The Morgan fingerprint density at radius 2 is 1.75 bits per heavy atom. The predicted molar refractivity (Wildman–Crippen MR) is 123 cm³/mol. The average Bonchev–Trinajstić information content (AvgIpc) is 3.38. The number of ether oxygens (including phenoxy) is 3. The number of carbonyl (C=O) groups is 2. The topological polar surface area (TPSA) is 77.1 Å². The third-order valence-corrected chi connectivity index (χ3v) is 5.92. The molecule has 1 aliphatic rings. The number of fused-ring (bicyclic) bond motifs is 3. The van der Waals surface area contributed by atoms with E-state index in [0.29, 0.717) is 5.75 Å². The molecule has 1 N–H and O–H groups in total. The molecule has 1 aromatic heterocycles. The Kier molecular flexibility index (Phi) is 6.23. The quantitative estimate of drug-likeness (QED) is 0.516. The molecular formula is C24H26N2O5S. The predicted octanol–water partition coefficient (Wildman–Crippen LogP) is 5.65. The highest BCUT2D eigenvalue weighted by atomic mass is 32.1. The van der Waals surface area contributed by atoms with Crippen molar-refractivity contribution in [3.8, 4) is 5.75 Å². The normalized spacial score (nSPS) is 17.2. The van der Waals surface area contributed by atoms with Crippen LogP contribution in [-0.2, 0) is 9.47 Å². The lowest BCUT2D eigenvalue weighted by atomic mass is 9.92. The second kappa shape index (κ2) is 9.08. The summed E-state index contributed by atoms with van der Waals surface area (Å²) in [6, 6.07) is 15.9. The van der Waals surface area contributed by atoms with Crippen LogP contribution in [-0.4, -0.2) is 35.6 Å². The molecule has 0 saturated heterocycles. The van der Waals surface area contributed by atoms with Crippen LogP contribution in [0, 0.1) is 0 Å². The third-order valence-electron chi connectivity index (χ3n) is 4.97. The minimum absolute atomic E-state index is 0.324. The number of nitrogens with zero attached hydrogens (tertiary/aromatic N) is 1. The molecule has 1 aliphatic heterocycles. The monoisotopic (exact) mass is 454 g/mol. The van der Waals surface area contributed by atoms with Crippen LogP contribution in [0.25, 0.3) is 10.8 Å². The van der Waals surface area contributed by atoms with Crippen molar-refractivity contribution in [3.63, 3.8) is 0 Å². The van der Waals surface area contributed by atoms with Crippen LogP contribution < -0.4 is 10.2 Å². The zero-order valence-electron chi connectivity index (χ0n) is 18.4. The summed E-state index contributed by atoms with van der Waals surface area (Å²) >= 11 is 1.57. The number of hydrazine groups is 1. The highest BCUT2D eigenvalue weighted by molar-refractivity contribution is 7.10. The summed E-state index contributed by atoms with van der Waals surface area (Å²) in [5.41, 5.74) is 3.52. The highest BCUT2D eigenvalue weighted by Gasteiger charge is 2.45. The molecule has 2 amide bonds. The van der Waals surface area contributed by atoms with E-state index in [-0.39, 0.29) is 18.1 Å². The first kappa shape index (κ1) is 22.0. The number of rotatable bonds is 4. The Bertz CT molecular complexity index is 1110. The maximum Gasteiger partial charge on any atom is 0.432 e. The molecule has 0 saturated carbocycles. The summed E-state index contributed by atoms with van der Waals surface area (Å²) in [5.74, 6) is 0.337. The molecule has 0 aliphatic carbocycles. The van der Waals surface area contributed by atoms with Crippen LogP contribution in [0.15, 0.2) is 53.9 Å². The maximum absolute atomic E-state index is 13.0. The fourth-order valence-corrected chi connectivity index (χ4v) is 4.66. The number of nitrogens with one attached hydrogen (secondary N) is 1. The summed E-state index contributed by atoms with van der Waals surface area (Å²) in [6.45, 7) is 6.96. The number of amides is 2. The SMILES string of the molecule is CC(C)OC(=O)NN(C(=O)OC(C)C)[C@H]1Oc2ccc3ccccc3c2[C@@H]1c1cccs1. The van der Waals surface area contributed by atoms with Gasteiger partial charge in [0.15, 0.2) is 0 Å². The Morgan fingerprint density at radius 3 is 2.44 bits per heavy atom. The zero-order chi connectivity index (χ0) is 22.8. The fraction of sp³-hybridized carbons (Fsp3) is 0.333. The molecule has 2 aromatic carbocycles. The molecule has 2 atom stereocenters. The van der Waals surface area contributed by atoms with Gasteiger partial charge in [-0.1, -0.05) is 36.4 Å². The van der Waals surface area contributed by atoms with Gasteiger partial charge in [-0.2, -0.15) is 5.01 Å². The maximum atomic E-state index is 13.0. The van der Waals surface area contributed by atoms with Gasteiger partial charge in [0.1, 0.15) is 5.75 Å². The van der Waals surface area contributed by atoms with Crippen LogP contribution in [0.5, 0.6) is 5.75 Å². The molecule has 0 spiro atoms. The van der Waals surface area contributed by atoms with Gasteiger partial charge in [-0.05, 0) is 56.0 Å². The molecule has 4 rings (SSSR count).